The highest BCUT2D eigenvalue weighted by Crippen LogP contribution is 2.16. The number of hydrogen-bond donors (Lipinski definition) is 1. The third kappa shape index (κ3) is 4.96. The molecule has 0 aliphatic heterocycles. The molecule has 0 fully saturated rings. The second-order valence-electron chi connectivity index (χ2n) is 3.98. The third-order valence-corrected chi connectivity index (χ3v) is 2.44. The topological polar surface area (TPSA) is 38.4 Å². The standard InChI is InChI=1S/C14H24N2/c1-6-8-9-10-11(3)14(12(4)15)13(5)16-7-2/h7,10H,2,6,8-9,15H2,1,3-5H3/b11-10-,14-12-,16-13?. The maximum Gasteiger partial charge on any atom is 0.0464 e. The monoisotopic (exact) mass is 220 g/mol. The zero-order chi connectivity index (χ0) is 12.6. The highest BCUT2D eigenvalue weighted by molar-refractivity contribution is 6.02. The second kappa shape index (κ2) is 7.91. The molecule has 0 unspecified atom stereocenters. The number of hydrogen-bond acceptors (Lipinski definition) is 2. The van der Waals surface area contributed by atoms with Gasteiger partial charge in [-0.05, 0) is 32.8 Å². The lowest BCUT2D eigenvalue weighted by atomic mass is 10.00. The van der Waals surface area contributed by atoms with Crippen LogP contribution in [-0.4, -0.2) is 5.71 Å². The maximum absolute atomic E-state index is 5.90. The van der Waals surface area contributed by atoms with Crippen molar-refractivity contribution in [3.05, 3.63) is 35.7 Å². The molecule has 0 aromatic rings. The Morgan fingerprint density at radius 3 is 2.38 bits per heavy atom. The first-order chi connectivity index (χ1) is 7.54. The van der Waals surface area contributed by atoms with Gasteiger partial charge in [0.2, 0.25) is 0 Å². The molecular formula is C14H24N2. The van der Waals surface area contributed by atoms with Crippen LogP contribution in [0.1, 0.15) is 47.0 Å². The summed E-state index contributed by atoms with van der Waals surface area (Å²) in [6.45, 7) is 11.8. The Labute approximate surface area is 99.6 Å². The largest absolute Gasteiger partial charge is 0.402 e. The van der Waals surface area contributed by atoms with E-state index in [1.807, 2.05) is 13.8 Å². The minimum absolute atomic E-state index is 0.813. The van der Waals surface area contributed by atoms with Gasteiger partial charge in [-0.2, -0.15) is 0 Å². The van der Waals surface area contributed by atoms with E-state index in [2.05, 4.69) is 31.5 Å². The van der Waals surface area contributed by atoms with Gasteiger partial charge in [0.05, 0.1) is 0 Å². The number of unbranched alkanes of at least 4 members (excludes halogenated alkanes) is 2. The lowest BCUT2D eigenvalue weighted by molar-refractivity contribution is 0.811. The fraction of sp³-hybridized carbons (Fsp3) is 0.500. The summed E-state index contributed by atoms with van der Waals surface area (Å²) in [6, 6.07) is 0. The van der Waals surface area contributed by atoms with E-state index in [-0.39, 0.29) is 0 Å². The molecule has 0 saturated carbocycles. The summed E-state index contributed by atoms with van der Waals surface area (Å²) >= 11 is 0. The predicted octanol–water partition coefficient (Wildman–Crippen LogP) is 3.96. The molecule has 0 radical (unpaired) electrons. The minimum Gasteiger partial charge on any atom is -0.402 e. The van der Waals surface area contributed by atoms with E-state index in [1.165, 1.54) is 18.4 Å². The van der Waals surface area contributed by atoms with Gasteiger partial charge in [0.15, 0.2) is 0 Å². The van der Waals surface area contributed by atoms with Gasteiger partial charge in [0, 0.05) is 23.2 Å². The highest BCUT2D eigenvalue weighted by atomic mass is 14.7. The van der Waals surface area contributed by atoms with E-state index in [9.17, 15) is 0 Å². The van der Waals surface area contributed by atoms with Gasteiger partial charge < -0.3 is 5.73 Å². The van der Waals surface area contributed by atoms with Gasteiger partial charge >= 0.3 is 0 Å². The Bertz CT molecular complexity index is 316. The van der Waals surface area contributed by atoms with Gasteiger partial charge in [0.1, 0.15) is 0 Å². The smallest absolute Gasteiger partial charge is 0.0464 e. The number of nitrogens with zero attached hydrogens (tertiary/aromatic N) is 1. The summed E-state index contributed by atoms with van der Waals surface area (Å²) in [7, 11) is 0. The Kier molecular flexibility index (Phi) is 7.27. The first-order valence-electron chi connectivity index (χ1n) is 5.83. The average molecular weight is 220 g/mol. The van der Waals surface area contributed by atoms with Crippen LogP contribution in [0.3, 0.4) is 0 Å². The summed E-state index contributed by atoms with van der Waals surface area (Å²) < 4.78 is 0. The van der Waals surface area contributed by atoms with Crippen molar-refractivity contribution >= 4 is 5.71 Å². The SMILES string of the molecule is C=CN=C(C)C(/C(C)=C\CCCC)=C(/C)N. The first-order valence-corrected chi connectivity index (χ1v) is 5.83. The number of rotatable bonds is 6. The fourth-order valence-corrected chi connectivity index (χ4v) is 1.71. The summed E-state index contributed by atoms with van der Waals surface area (Å²) in [4.78, 5) is 4.20. The summed E-state index contributed by atoms with van der Waals surface area (Å²) in [6.07, 6.45) is 7.31. The average Bonchev–Trinajstić information content (AvgIpc) is 2.18. The van der Waals surface area contributed by atoms with E-state index in [1.54, 1.807) is 6.20 Å². The van der Waals surface area contributed by atoms with Crippen molar-refractivity contribution in [3.8, 4) is 0 Å². The number of aliphatic imine (C=N–C) groups is 1. The summed E-state index contributed by atoms with van der Waals surface area (Å²) in [5, 5.41) is 0. The highest BCUT2D eigenvalue weighted by Gasteiger charge is 2.06. The Hall–Kier alpha value is -1.31. The van der Waals surface area contributed by atoms with Crippen LogP contribution >= 0.6 is 0 Å². The fourth-order valence-electron chi connectivity index (χ4n) is 1.71. The van der Waals surface area contributed by atoms with Crippen molar-refractivity contribution in [2.24, 2.45) is 10.7 Å². The molecule has 0 bridgehead atoms. The molecule has 16 heavy (non-hydrogen) atoms. The molecule has 2 heteroatoms. The van der Waals surface area contributed by atoms with E-state index in [4.69, 9.17) is 5.73 Å². The van der Waals surface area contributed by atoms with Crippen molar-refractivity contribution in [2.45, 2.75) is 47.0 Å². The zero-order valence-corrected chi connectivity index (χ0v) is 11.0. The molecular weight excluding hydrogens is 196 g/mol. The van der Waals surface area contributed by atoms with Crippen LogP contribution in [0, 0.1) is 0 Å². The van der Waals surface area contributed by atoms with Gasteiger partial charge in [-0.25, -0.2) is 0 Å². The molecule has 90 valence electrons. The van der Waals surface area contributed by atoms with Crippen molar-refractivity contribution in [3.63, 3.8) is 0 Å². The van der Waals surface area contributed by atoms with Gasteiger partial charge in [-0.15, -0.1) is 0 Å². The van der Waals surface area contributed by atoms with Crippen molar-refractivity contribution in [2.75, 3.05) is 0 Å². The molecule has 2 N–H and O–H groups in total. The van der Waals surface area contributed by atoms with E-state index in [0.29, 0.717) is 0 Å². The van der Waals surface area contributed by atoms with Crippen LogP contribution in [0.15, 0.2) is 40.7 Å². The molecule has 2 nitrogen and oxygen atoms in total. The molecule has 0 aromatic heterocycles. The lowest BCUT2D eigenvalue weighted by Gasteiger charge is -2.10. The van der Waals surface area contributed by atoms with Crippen LogP contribution in [-0.2, 0) is 0 Å². The summed E-state index contributed by atoms with van der Waals surface area (Å²) in [5.41, 5.74) is 9.90. The van der Waals surface area contributed by atoms with Crippen LogP contribution in [0.25, 0.3) is 0 Å². The lowest BCUT2D eigenvalue weighted by Crippen LogP contribution is -2.07. The van der Waals surface area contributed by atoms with Crippen LogP contribution in [0.2, 0.25) is 0 Å². The summed E-state index contributed by atoms with van der Waals surface area (Å²) in [5.74, 6) is 0. The first kappa shape index (κ1) is 14.7. The van der Waals surface area contributed by atoms with Crippen molar-refractivity contribution in [1.29, 1.82) is 0 Å². The van der Waals surface area contributed by atoms with E-state index >= 15 is 0 Å². The predicted molar refractivity (Wildman–Crippen MR) is 73.5 cm³/mol. The number of allylic oxidation sites excluding steroid dienone is 4. The molecule has 0 atom stereocenters. The molecule has 0 saturated heterocycles. The second-order valence-corrected chi connectivity index (χ2v) is 3.98. The minimum atomic E-state index is 0.813. The molecule has 0 aliphatic rings. The molecule has 0 heterocycles. The van der Waals surface area contributed by atoms with Crippen LogP contribution in [0.5, 0.6) is 0 Å². The zero-order valence-electron chi connectivity index (χ0n) is 11.0. The van der Waals surface area contributed by atoms with Gasteiger partial charge in [0.25, 0.3) is 0 Å². The van der Waals surface area contributed by atoms with Crippen molar-refractivity contribution < 1.29 is 0 Å². The van der Waals surface area contributed by atoms with Gasteiger partial charge in [-0.1, -0.05) is 32.4 Å². The molecule has 0 aliphatic carbocycles. The molecule has 0 rings (SSSR count). The number of nitrogens with two attached hydrogens (primary N) is 1. The van der Waals surface area contributed by atoms with E-state index in [0.717, 1.165) is 23.4 Å². The maximum atomic E-state index is 5.90. The molecule has 0 aromatic carbocycles. The van der Waals surface area contributed by atoms with Crippen LogP contribution in [0.4, 0.5) is 0 Å². The Morgan fingerprint density at radius 1 is 1.31 bits per heavy atom. The van der Waals surface area contributed by atoms with Gasteiger partial charge in [-0.3, -0.25) is 4.99 Å². The Morgan fingerprint density at radius 2 is 1.94 bits per heavy atom. The quantitative estimate of drug-likeness (QED) is 0.410. The van der Waals surface area contributed by atoms with E-state index < -0.39 is 0 Å². The van der Waals surface area contributed by atoms with Crippen LogP contribution < -0.4 is 5.73 Å². The normalized spacial score (nSPS) is 14.8. The van der Waals surface area contributed by atoms with Crippen molar-refractivity contribution in [1.82, 2.24) is 0 Å². The molecule has 0 spiro atoms. The third-order valence-electron chi connectivity index (χ3n) is 2.44. The Balaban J connectivity index is 4.96. The molecule has 0 amide bonds.